The lowest BCUT2D eigenvalue weighted by atomic mass is 10.1. The Balaban J connectivity index is 1.85. The Hall–Kier alpha value is -2.41. The lowest BCUT2D eigenvalue weighted by Gasteiger charge is -2.32. The first-order chi connectivity index (χ1) is 11.4. The van der Waals surface area contributed by atoms with E-state index in [9.17, 15) is 9.59 Å². The average molecular weight is 330 g/mol. The Morgan fingerprint density at radius 2 is 2.12 bits per heavy atom. The summed E-state index contributed by atoms with van der Waals surface area (Å²) in [6.45, 7) is 6.88. The van der Waals surface area contributed by atoms with E-state index in [1.165, 1.54) is 0 Å². The zero-order valence-electron chi connectivity index (χ0n) is 14.4. The summed E-state index contributed by atoms with van der Waals surface area (Å²) in [6, 6.07) is 1.66. The van der Waals surface area contributed by atoms with Gasteiger partial charge in [0.2, 0.25) is 0 Å². The maximum absolute atomic E-state index is 12.8. The number of aryl methyl sites for hydroxylation is 4. The number of imidazole rings is 1. The van der Waals surface area contributed by atoms with E-state index in [-0.39, 0.29) is 23.1 Å². The van der Waals surface area contributed by atoms with Gasteiger partial charge in [-0.15, -0.1) is 0 Å². The molecule has 7 nitrogen and oxygen atoms in total. The molecule has 0 aliphatic carbocycles. The van der Waals surface area contributed by atoms with E-state index in [4.69, 9.17) is 4.74 Å². The molecule has 0 aromatic carbocycles. The molecule has 0 bridgehead atoms. The smallest absolute Gasteiger partial charge is 0.261 e. The van der Waals surface area contributed by atoms with E-state index in [1.54, 1.807) is 11.0 Å². The van der Waals surface area contributed by atoms with E-state index in [2.05, 4.69) is 9.97 Å². The predicted molar refractivity (Wildman–Crippen MR) is 89.1 cm³/mol. The maximum Gasteiger partial charge on any atom is 0.261 e. The third-order valence-electron chi connectivity index (χ3n) is 4.40. The summed E-state index contributed by atoms with van der Waals surface area (Å²) in [5.74, 6) is 0.526. The van der Waals surface area contributed by atoms with Gasteiger partial charge in [-0.25, -0.2) is 4.98 Å². The minimum atomic E-state index is -0.348. The minimum absolute atomic E-state index is 0.176. The molecule has 0 saturated carbocycles. The number of pyridine rings is 1. The van der Waals surface area contributed by atoms with Crippen LogP contribution in [0.15, 0.2) is 17.1 Å². The molecular formula is C17H22N4O3. The van der Waals surface area contributed by atoms with Crippen LogP contribution >= 0.6 is 0 Å². The molecule has 0 spiro atoms. The van der Waals surface area contributed by atoms with Crippen LogP contribution in [-0.4, -0.2) is 45.0 Å². The van der Waals surface area contributed by atoms with Gasteiger partial charge in [-0.05, 0) is 32.4 Å². The topological polar surface area (TPSA) is 80.2 Å². The van der Waals surface area contributed by atoms with Gasteiger partial charge in [0.25, 0.3) is 11.5 Å². The van der Waals surface area contributed by atoms with Crippen molar-refractivity contribution in [3.63, 3.8) is 0 Å². The number of ether oxygens (including phenoxy) is 1. The highest BCUT2D eigenvalue weighted by molar-refractivity contribution is 5.94. The molecule has 1 unspecified atom stereocenters. The van der Waals surface area contributed by atoms with Crippen molar-refractivity contribution in [3.8, 4) is 0 Å². The van der Waals surface area contributed by atoms with Crippen molar-refractivity contribution in [2.75, 3.05) is 19.7 Å². The van der Waals surface area contributed by atoms with Crippen LogP contribution < -0.4 is 5.56 Å². The number of carbonyl (C=O) groups is 1. The molecule has 0 radical (unpaired) electrons. The zero-order valence-corrected chi connectivity index (χ0v) is 14.4. The molecule has 1 saturated heterocycles. The van der Waals surface area contributed by atoms with Gasteiger partial charge in [0.15, 0.2) is 0 Å². The first-order valence-electron chi connectivity index (χ1n) is 7.98. The molecule has 1 aliphatic rings. The number of nitrogens with zero attached hydrogens (tertiary/aromatic N) is 3. The van der Waals surface area contributed by atoms with Crippen molar-refractivity contribution >= 4 is 5.91 Å². The molecule has 24 heavy (non-hydrogen) atoms. The molecule has 2 aromatic heterocycles. The third kappa shape index (κ3) is 2.99. The number of morpholine rings is 1. The number of rotatable bonds is 2. The van der Waals surface area contributed by atoms with E-state index >= 15 is 0 Å². The molecule has 3 rings (SSSR count). The van der Waals surface area contributed by atoms with E-state index in [0.29, 0.717) is 19.7 Å². The van der Waals surface area contributed by atoms with Gasteiger partial charge < -0.3 is 19.2 Å². The monoisotopic (exact) mass is 330 g/mol. The molecule has 128 valence electrons. The summed E-state index contributed by atoms with van der Waals surface area (Å²) in [7, 11) is 1.91. The van der Waals surface area contributed by atoms with Crippen LogP contribution in [0.4, 0.5) is 0 Å². The summed E-state index contributed by atoms with van der Waals surface area (Å²) in [5, 5.41) is 0. The first-order valence-corrected chi connectivity index (χ1v) is 7.98. The molecule has 1 fully saturated rings. The van der Waals surface area contributed by atoms with E-state index in [0.717, 1.165) is 22.8 Å². The summed E-state index contributed by atoms with van der Waals surface area (Å²) in [5.41, 5.74) is 2.40. The largest absolute Gasteiger partial charge is 0.367 e. The minimum Gasteiger partial charge on any atom is -0.367 e. The highest BCUT2D eigenvalue weighted by Crippen LogP contribution is 2.22. The highest BCUT2D eigenvalue weighted by Gasteiger charge is 2.29. The van der Waals surface area contributed by atoms with Crippen LogP contribution in [0, 0.1) is 20.8 Å². The molecule has 7 heteroatoms. The van der Waals surface area contributed by atoms with Gasteiger partial charge >= 0.3 is 0 Å². The van der Waals surface area contributed by atoms with Crippen LogP contribution in [0.3, 0.4) is 0 Å². The molecule has 1 amide bonds. The number of hydrogen-bond acceptors (Lipinski definition) is 4. The number of carbonyl (C=O) groups excluding carboxylic acids is 1. The number of aromatic nitrogens is 3. The van der Waals surface area contributed by atoms with Crippen LogP contribution in [-0.2, 0) is 11.8 Å². The van der Waals surface area contributed by atoms with Gasteiger partial charge in [-0.2, -0.15) is 0 Å². The predicted octanol–water partition coefficient (Wildman–Crippen LogP) is 1.25. The Kier molecular flexibility index (Phi) is 4.28. The lowest BCUT2D eigenvalue weighted by molar-refractivity contribution is -0.0280. The summed E-state index contributed by atoms with van der Waals surface area (Å²) >= 11 is 0. The fourth-order valence-electron chi connectivity index (χ4n) is 2.98. The van der Waals surface area contributed by atoms with Crippen LogP contribution in [0.2, 0.25) is 0 Å². The van der Waals surface area contributed by atoms with Crippen molar-refractivity contribution in [2.24, 2.45) is 7.05 Å². The van der Waals surface area contributed by atoms with Gasteiger partial charge in [0.1, 0.15) is 17.5 Å². The summed E-state index contributed by atoms with van der Waals surface area (Å²) in [4.78, 5) is 33.8. The summed E-state index contributed by atoms with van der Waals surface area (Å²) < 4.78 is 7.70. The van der Waals surface area contributed by atoms with Gasteiger partial charge in [0, 0.05) is 25.5 Å². The van der Waals surface area contributed by atoms with Gasteiger partial charge in [-0.1, -0.05) is 0 Å². The van der Waals surface area contributed by atoms with Crippen molar-refractivity contribution in [2.45, 2.75) is 26.9 Å². The van der Waals surface area contributed by atoms with Crippen molar-refractivity contribution < 1.29 is 9.53 Å². The quantitative estimate of drug-likeness (QED) is 0.898. The Labute approximate surface area is 140 Å². The van der Waals surface area contributed by atoms with Crippen molar-refractivity contribution in [1.29, 1.82) is 0 Å². The van der Waals surface area contributed by atoms with Crippen LogP contribution in [0.25, 0.3) is 0 Å². The fourth-order valence-corrected chi connectivity index (χ4v) is 2.98. The first kappa shape index (κ1) is 16.4. The lowest BCUT2D eigenvalue weighted by Crippen LogP contribution is -2.44. The standard InChI is InChI=1S/C17H22N4O3/c1-10-7-13(16(22)19-12(10)3)17(23)21-5-6-24-14(9-21)15-18-11(2)8-20(15)4/h7-8,14H,5-6,9H2,1-4H3,(H,19,22). The molecule has 1 atom stereocenters. The SMILES string of the molecule is Cc1cn(C)c(C2CN(C(=O)c3cc(C)c(C)[nH]c3=O)CCO2)n1. The van der Waals surface area contributed by atoms with Crippen molar-refractivity contribution in [3.05, 3.63) is 51.0 Å². The third-order valence-corrected chi connectivity index (χ3v) is 4.40. The van der Waals surface area contributed by atoms with Gasteiger partial charge in [0.05, 0.1) is 18.8 Å². The second-order valence-corrected chi connectivity index (χ2v) is 6.28. The highest BCUT2D eigenvalue weighted by atomic mass is 16.5. The maximum atomic E-state index is 12.8. The number of hydrogen-bond donors (Lipinski definition) is 1. The van der Waals surface area contributed by atoms with Crippen LogP contribution in [0.5, 0.6) is 0 Å². The number of aromatic amines is 1. The van der Waals surface area contributed by atoms with E-state index < -0.39 is 0 Å². The second kappa shape index (κ2) is 6.24. The molecular weight excluding hydrogens is 308 g/mol. The number of H-pyrrole nitrogens is 1. The Bertz CT molecular complexity index is 837. The second-order valence-electron chi connectivity index (χ2n) is 6.28. The summed E-state index contributed by atoms with van der Waals surface area (Å²) in [6.07, 6.45) is 1.64. The fraction of sp³-hybridized carbons (Fsp3) is 0.471. The number of amides is 1. The Morgan fingerprint density at radius 3 is 2.79 bits per heavy atom. The zero-order chi connectivity index (χ0) is 17.4. The molecule has 2 aromatic rings. The normalized spacial score (nSPS) is 18.0. The van der Waals surface area contributed by atoms with E-state index in [1.807, 2.05) is 38.6 Å². The molecule has 3 heterocycles. The molecule has 1 N–H and O–H groups in total. The van der Waals surface area contributed by atoms with Gasteiger partial charge in [-0.3, -0.25) is 9.59 Å². The van der Waals surface area contributed by atoms with Crippen LogP contribution in [0.1, 0.15) is 39.2 Å². The van der Waals surface area contributed by atoms with Crippen molar-refractivity contribution in [1.82, 2.24) is 19.4 Å². The average Bonchev–Trinajstić information content (AvgIpc) is 2.89. The number of nitrogens with one attached hydrogen (secondary N) is 1. The Morgan fingerprint density at radius 1 is 1.38 bits per heavy atom. The molecule has 1 aliphatic heterocycles.